The van der Waals surface area contributed by atoms with E-state index < -0.39 is 5.91 Å². The predicted molar refractivity (Wildman–Crippen MR) is 45.7 cm³/mol. The van der Waals surface area contributed by atoms with Gasteiger partial charge < -0.3 is 5.73 Å². The van der Waals surface area contributed by atoms with Crippen molar-refractivity contribution in [1.82, 2.24) is 20.4 Å². The van der Waals surface area contributed by atoms with Crippen LogP contribution in [0.2, 0.25) is 0 Å². The van der Waals surface area contributed by atoms with E-state index in [2.05, 4.69) is 20.4 Å². The van der Waals surface area contributed by atoms with E-state index in [1.165, 1.54) is 12.3 Å². The van der Waals surface area contributed by atoms with Crippen LogP contribution in [0.15, 0.2) is 30.7 Å². The standard InChI is InChI=1S/C4H5N3O.C3H4N2/c5-4(8)3-1-2-6-7-3;1-2-4-5-3-1/h1-2H,(H2,5,8)(H,6,7);1-3H,(H,4,5). The third-order valence-corrected chi connectivity index (χ3v) is 1.17. The zero-order valence-corrected chi connectivity index (χ0v) is 6.77. The third kappa shape index (κ3) is 3.19. The smallest absolute Gasteiger partial charge is 0.266 e. The molecular formula is C7H9N5O. The largest absolute Gasteiger partial charge is 0.364 e. The van der Waals surface area contributed by atoms with Crippen LogP contribution in [0.25, 0.3) is 0 Å². The van der Waals surface area contributed by atoms with Crippen molar-refractivity contribution in [3.05, 3.63) is 36.4 Å². The van der Waals surface area contributed by atoms with Crippen molar-refractivity contribution in [3.63, 3.8) is 0 Å². The summed E-state index contributed by atoms with van der Waals surface area (Å²) in [5.74, 6) is -0.484. The summed E-state index contributed by atoms with van der Waals surface area (Å²) in [4.78, 5) is 10.2. The van der Waals surface area contributed by atoms with Crippen LogP contribution in [0.5, 0.6) is 0 Å². The minimum atomic E-state index is -0.484. The topological polar surface area (TPSA) is 100 Å². The van der Waals surface area contributed by atoms with Gasteiger partial charge in [0.25, 0.3) is 5.91 Å². The summed E-state index contributed by atoms with van der Waals surface area (Å²) >= 11 is 0. The molecule has 2 rings (SSSR count). The first-order chi connectivity index (χ1) is 6.30. The molecule has 0 saturated carbocycles. The van der Waals surface area contributed by atoms with Gasteiger partial charge in [-0.1, -0.05) is 0 Å². The van der Waals surface area contributed by atoms with E-state index in [0.717, 1.165) is 0 Å². The van der Waals surface area contributed by atoms with E-state index in [9.17, 15) is 4.79 Å². The minimum absolute atomic E-state index is 0.338. The number of nitrogens with one attached hydrogen (secondary N) is 2. The molecule has 13 heavy (non-hydrogen) atoms. The molecule has 0 fully saturated rings. The Morgan fingerprint density at radius 3 is 2.46 bits per heavy atom. The summed E-state index contributed by atoms with van der Waals surface area (Å²) in [7, 11) is 0. The Labute approximate surface area is 74.2 Å². The number of carbonyl (C=O) groups is 1. The molecule has 0 aliphatic carbocycles. The second-order valence-corrected chi connectivity index (χ2v) is 2.10. The highest BCUT2D eigenvalue weighted by atomic mass is 16.1. The van der Waals surface area contributed by atoms with E-state index in [1.54, 1.807) is 12.4 Å². The fraction of sp³-hybridized carbons (Fsp3) is 0. The van der Waals surface area contributed by atoms with E-state index in [-0.39, 0.29) is 0 Å². The Hall–Kier alpha value is -2.11. The molecule has 0 saturated heterocycles. The number of carbonyl (C=O) groups excluding carboxylic acids is 1. The molecule has 0 spiro atoms. The molecule has 4 N–H and O–H groups in total. The lowest BCUT2D eigenvalue weighted by Gasteiger charge is -1.80. The molecule has 2 aromatic heterocycles. The Balaban J connectivity index is 0.000000145. The Morgan fingerprint density at radius 2 is 2.23 bits per heavy atom. The van der Waals surface area contributed by atoms with Crippen LogP contribution < -0.4 is 5.73 Å². The van der Waals surface area contributed by atoms with Gasteiger partial charge in [-0.15, -0.1) is 0 Å². The molecule has 0 unspecified atom stereocenters. The number of amides is 1. The molecule has 0 aliphatic rings. The van der Waals surface area contributed by atoms with Crippen molar-refractivity contribution >= 4 is 5.91 Å². The van der Waals surface area contributed by atoms with Crippen LogP contribution >= 0.6 is 0 Å². The monoisotopic (exact) mass is 179 g/mol. The van der Waals surface area contributed by atoms with Crippen LogP contribution in [0, 0.1) is 0 Å². The molecule has 2 aromatic rings. The van der Waals surface area contributed by atoms with Gasteiger partial charge in [0.15, 0.2) is 0 Å². The van der Waals surface area contributed by atoms with Gasteiger partial charge in [0.2, 0.25) is 0 Å². The second-order valence-electron chi connectivity index (χ2n) is 2.10. The van der Waals surface area contributed by atoms with Crippen LogP contribution in [0.4, 0.5) is 0 Å². The summed E-state index contributed by atoms with van der Waals surface area (Å²) < 4.78 is 0. The number of aromatic amines is 2. The van der Waals surface area contributed by atoms with E-state index >= 15 is 0 Å². The number of H-pyrrole nitrogens is 2. The normalized spacial score (nSPS) is 8.62. The van der Waals surface area contributed by atoms with E-state index in [4.69, 9.17) is 5.73 Å². The Morgan fingerprint density at radius 1 is 1.38 bits per heavy atom. The summed E-state index contributed by atoms with van der Waals surface area (Å²) in [6.45, 7) is 0. The summed E-state index contributed by atoms with van der Waals surface area (Å²) in [5.41, 5.74) is 5.19. The fourth-order valence-corrected chi connectivity index (χ4v) is 0.608. The van der Waals surface area contributed by atoms with Gasteiger partial charge in [-0.3, -0.25) is 15.0 Å². The maximum atomic E-state index is 10.2. The highest BCUT2D eigenvalue weighted by Gasteiger charge is 1.96. The maximum Gasteiger partial charge on any atom is 0.266 e. The lowest BCUT2D eigenvalue weighted by atomic mass is 10.4. The number of hydrogen-bond donors (Lipinski definition) is 3. The number of primary amides is 1. The van der Waals surface area contributed by atoms with Gasteiger partial charge >= 0.3 is 0 Å². The van der Waals surface area contributed by atoms with Crippen molar-refractivity contribution in [2.24, 2.45) is 5.73 Å². The highest BCUT2D eigenvalue weighted by molar-refractivity contribution is 5.90. The molecule has 0 bridgehead atoms. The molecule has 68 valence electrons. The lowest BCUT2D eigenvalue weighted by molar-refractivity contribution is 0.0995. The number of hydrogen-bond acceptors (Lipinski definition) is 3. The van der Waals surface area contributed by atoms with E-state index in [1.807, 2.05) is 6.07 Å². The van der Waals surface area contributed by atoms with Gasteiger partial charge in [0.1, 0.15) is 5.69 Å². The first-order valence-electron chi connectivity index (χ1n) is 3.53. The first-order valence-corrected chi connectivity index (χ1v) is 3.53. The van der Waals surface area contributed by atoms with E-state index in [0.29, 0.717) is 5.69 Å². The van der Waals surface area contributed by atoms with Gasteiger partial charge in [-0.05, 0) is 12.1 Å². The van der Waals surface area contributed by atoms with Gasteiger partial charge in [0, 0.05) is 18.6 Å². The fourth-order valence-electron chi connectivity index (χ4n) is 0.608. The van der Waals surface area contributed by atoms with Gasteiger partial charge in [-0.2, -0.15) is 10.2 Å². The average molecular weight is 179 g/mol. The zero-order valence-electron chi connectivity index (χ0n) is 6.77. The molecule has 0 aliphatic heterocycles. The summed E-state index contributed by atoms with van der Waals surface area (Å²) in [6, 6.07) is 3.35. The van der Waals surface area contributed by atoms with Crippen molar-refractivity contribution in [2.75, 3.05) is 0 Å². The summed E-state index contributed by atoms with van der Waals surface area (Å²) in [6.07, 6.45) is 4.93. The van der Waals surface area contributed by atoms with Crippen LogP contribution in [0.1, 0.15) is 10.5 Å². The quantitative estimate of drug-likeness (QED) is 0.570. The molecule has 6 nitrogen and oxygen atoms in total. The summed E-state index contributed by atoms with van der Waals surface area (Å²) in [5, 5.41) is 12.1. The number of nitrogens with zero attached hydrogens (tertiary/aromatic N) is 2. The molecule has 0 aromatic carbocycles. The zero-order chi connectivity index (χ0) is 9.52. The second kappa shape index (κ2) is 4.70. The van der Waals surface area contributed by atoms with Gasteiger partial charge in [0.05, 0.1) is 0 Å². The van der Waals surface area contributed by atoms with Crippen LogP contribution in [0.3, 0.4) is 0 Å². The molecule has 0 atom stereocenters. The van der Waals surface area contributed by atoms with Crippen molar-refractivity contribution in [1.29, 1.82) is 0 Å². The van der Waals surface area contributed by atoms with Crippen LogP contribution in [-0.2, 0) is 0 Å². The molecule has 6 heteroatoms. The predicted octanol–water partition coefficient (Wildman–Crippen LogP) is -0.0817. The molecule has 0 radical (unpaired) electrons. The third-order valence-electron chi connectivity index (χ3n) is 1.17. The average Bonchev–Trinajstić information content (AvgIpc) is 2.82. The van der Waals surface area contributed by atoms with Crippen molar-refractivity contribution < 1.29 is 4.79 Å². The lowest BCUT2D eigenvalue weighted by Crippen LogP contribution is -2.10. The van der Waals surface area contributed by atoms with Crippen molar-refractivity contribution in [3.8, 4) is 0 Å². The molecular weight excluding hydrogens is 170 g/mol. The maximum absolute atomic E-state index is 10.2. The highest BCUT2D eigenvalue weighted by Crippen LogP contribution is 1.86. The molecule has 1 amide bonds. The Kier molecular flexibility index (Phi) is 3.25. The van der Waals surface area contributed by atoms with Gasteiger partial charge in [-0.25, -0.2) is 0 Å². The minimum Gasteiger partial charge on any atom is -0.364 e. The number of aromatic nitrogens is 4. The first kappa shape index (κ1) is 8.98. The SMILES string of the molecule is NC(=O)c1ccn[nH]1.c1cn[nH]c1. The number of nitrogens with two attached hydrogens (primary N) is 1. The van der Waals surface area contributed by atoms with Crippen LogP contribution in [-0.4, -0.2) is 26.3 Å². The molecule has 2 heterocycles. The van der Waals surface area contributed by atoms with Crippen molar-refractivity contribution in [2.45, 2.75) is 0 Å². The Bertz CT molecular complexity index is 308. The number of rotatable bonds is 1.